The Morgan fingerprint density at radius 1 is 1.21 bits per heavy atom. The molecule has 2 rings (SSSR count). The molecule has 0 aromatic heterocycles. The molecule has 0 radical (unpaired) electrons. The number of nitrogens with one attached hydrogen (secondary N) is 1. The lowest BCUT2D eigenvalue weighted by atomic mass is 10.1. The van der Waals surface area contributed by atoms with Crippen molar-refractivity contribution in [3.05, 3.63) is 35.9 Å². The first-order valence-electron chi connectivity index (χ1n) is 8.13. The molecule has 1 heterocycles. The van der Waals surface area contributed by atoms with E-state index in [0.29, 0.717) is 18.5 Å². The molecule has 130 valence electrons. The van der Waals surface area contributed by atoms with Gasteiger partial charge in [0, 0.05) is 12.1 Å². The number of likely N-dealkylation sites (tertiary alicyclic amines) is 1. The molecule has 1 aromatic rings. The predicted molar refractivity (Wildman–Crippen MR) is 89.7 cm³/mol. The van der Waals surface area contributed by atoms with E-state index in [1.54, 1.807) is 45.0 Å². The van der Waals surface area contributed by atoms with Gasteiger partial charge >= 0.3 is 6.09 Å². The van der Waals surface area contributed by atoms with E-state index in [9.17, 15) is 14.4 Å². The average molecular weight is 332 g/mol. The third-order valence-corrected chi connectivity index (χ3v) is 3.70. The van der Waals surface area contributed by atoms with Crippen LogP contribution in [0.4, 0.5) is 4.79 Å². The minimum Gasteiger partial charge on any atom is -0.444 e. The molecule has 6 heteroatoms. The van der Waals surface area contributed by atoms with Crippen LogP contribution in [0.25, 0.3) is 0 Å². The molecule has 24 heavy (non-hydrogen) atoms. The highest BCUT2D eigenvalue weighted by Gasteiger charge is 2.36. The number of benzene rings is 1. The van der Waals surface area contributed by atoms with Crippen LogP contribution >= 0.6 is 0 Å². The maximum absolute atomic E-state index is 12.3. The van der Waals surface area contributed by atoms with Gasteiger partial charge in [0.2, 0.25) is 5.91 Å². The highest BCUT2D eigenvalue weighted by molar-refractivity contribution is 6.00. The number of hydrogen-bond acceptors (Lipinski definition) is 4. The normalized spacial score (nSPS) is 17.5. The zero-order valence-corrected chi connectivity index (χ0v) is 14.4. The molecule has 2 amide bonds. The molecular formula is C18H24N2O4. The van der Waals surface area contributed by atoms with E-state index in [2.05, 4.69) is 5.32 Å². The van der Waals surface area contributed by atoms with Gasteiger partial charge in [-0.15, -0.1) is 0 Å². The highest BCUT2D eigenvalue weighted by atomic mass is 16.6. The van der Waals surface area contributed by atoms with Crippen molar-refractivity contribution in [1.29, 1.82) is 0 Å². The molecule has 1 fully saturated rings. The monoisotopic (exact) mass is 332 g/mol. The van der Waals surface area contributed by atoms with Crippen LogP contribution in [0.15, 0.2) is 30.3 Å². The molecule has 0 unspecified atom stereocenters. The summed E-state index contributed by atoms with van der Waals surface area (Å²) < 4.78 is 5.34. The van der Waals surface area contributed by atoms with E-state index < -0.39 is 17.7 Å². The number of Topliss-reactive ketones (excluding diaryl/α,β-unsaturated/α-hetero) is 1. The lowest BCUT2D eigenvalue weighted by Gasteiger charge is -2.28. The highest BCUT2D eigenvalue weighted by Crippen LogP contribution is 2.21. The van der Waals surface area contributed by atoms with Crippen LogP contribution < -0.4 is 5.32 Å². The first kappa shape index (κ1) is 18.0. The van der Waals surface area contributed by atoms with Gasteiger partial charge in [-0.25, -0.2) is 4.79 Å². The van der Waals surface area contributed by atoms with Crippen molar-refractivity contribution in [2.75, 3.05) is 13.1 Å². The first-order chi connectivity index (χ1) is 11.3. The Morgan fingerprint density at radius 2 is 1.88 bits per heavy atom. The van der Waals surface area contributed by atoms with Gasteiger partial charge in [0.25, 0.3) is 0 Å². The fourth-order valence-electron chi connectivity index (χ4n) is 2.59. The summed E-state index contributed by atoms with van der Waals surface area (Å²) in [6, 6.07) is 8.20. The third kappa shape index (κ3) is 4.81. The third-order valence-electron chi connectivity index (χ3n) is 3.70. The van der Waals surface area contributed by atoms with Crippen molar-refractivity contribution < 1.29 is 19.1 Å². The van der Waals surface area contributed by atoms with Gasteiger partial charge in [-0.2, -0.15) is 0 Å². The number of carbonyl (C=O) groups excluding carboxylic acids is 3. The fourth-order valence-corrected chi connectivity index (χ4v) is 2.59. The Morgan fingerprint density at radius 3 is 2.50 bits per heavy atom. The van der Waals surface area contributed by atoms with Crippen LogP contribution in [0, 0.1) is 0 Å². The van der Waals surface area contributed by atoms with Gasteiger partial charge in [0.05, 0.1) is 6.54 Å². The lowest BCUT2D eigenvalue weighted by molar-refractivity contribution is -0.125. The summed E-state index contributed by atoms with van der Waals surface area (Å²) in [5, 5.41) is 2.63. The Hall–Kier alpha value is -2.37. The minimum atomic E-state index is -0.607. The molecular weight excluding hydrogens is 308 g/mol. The Bertz CT molecular complexity index is 607. The summed E-state index contributed by atoms with van der Waals surface area (Å²) in [6.07, 6.45) is 0.823. The largest absolute Gasteiger partial charge is 0.444 e. The second-order valence-corrected chi connectivity index (χ2v) is 6.84. The zero-order chi connectivity index (χ0) is 17.7. The molecule has 0 spiro atoms. The van der Waals surface area contributed by atoms with Crippen LogP contribution in [0.2, 0.25) is 0 Å². The minimum absolute atomic E-state index is 0.0818. The fraction of sp³-hybridized carbons (Fsp3) is 0.500. The molecule has 1 atom stereocenters. The van der Waals surface area contributed by atoms with E-state index in [1.807, 2.05) is 6.07 Å². The number of amides is 2. The van der Waals surface area contributed by atoms with Crippen molar-refractivity contribution >= 4 is 17.8 Å². The predicted octanol–water partition coefficient (Wildman–Crippen LogP) is 2.38. The Labute approximate surface area is 142 Å². The van der Waals surface area contributed by atoms with Gasteiger partial charge < -0.3 is 10.1 Å². The van der Waals surface area contributed by atoms with Crippen molar-refractivity contribution in [1.82, 2.24) is 10.2 Å². The van der Waals surface area contributed by atoms with E-state index in [-0.39, 0.29) is 18.2 Å². The van der Waals surface area contributed by atoms with Gasteiger partial charge in [-0.05, 0) is 33.6 Å². The summed E-state index contributed by atoms with van der Waals surface area (Å²) in [5.41, 5.74) is -0.0579. The number of hydrogen-bond donors (Lipinski definition) is 1. The number of nitrogens with zero attached hydrogens (tertiary/aromatic N) is 1. The maximum atomic E-state index is 12.3. The second kappa shape index (κ2) is 7.47. The SMILES string of the molecule is CC(C)(C)OC(=O)N1CCC[C@H]1C(=O)NCC(=O)c1ccccc1. The van der Waals surface area contributed by atoms with E-state index >= 15 is 0 Å². The molecule has 6 nitrogen and oxygen atoms in total. The van der Waals surface area contributed by atoms with Crippen LogP contribution in [-0.4, -0.2) is 47.4 Å². The molecule has 0 saturated carbocycles. The summed E-state index contributed by atoms with van der Waals surface area (Å²) in [6.45, 7) is 5.76. The van der Waals surface area contributed by atoms with Crippen LogP contribution in [0.1, 0.15) is 44.0 Å². The van der Waals surface area contributed by atoms with Crippen LogP contribution in [0.3, 0.4) is 0 Å². The molecule has 1 N–H and O–H groups in total. The number of ketones is 1. The summed E-state index contributed by atoms with van der Waals surface area (Å²) in [5.74, 6) is -0.478. The molecule has 1 aromatic carbocycles. The van der Waals surface area contributed by atoms with Gasteiger partial charge in [-0.1, -0.05) is 30.3 Å². The van der Waals surface area contributed by atoms with E-state index in [4.69, 9.17) is 4.74 Å². The van der Waals surface area contributed by atoms with Crippen molar-refractivity contribution in [3.63, 3.8) is 0 Å². The van der Waals surface area contributed by atoms with E-state index in [0.717, 1.165) is 6.42 Å². The number of rotatable bonds is 4. The van der Waals surface area contributed by atoms with Gasteiger partial charge in [-0.3, -0.25) is 14.5 Å². The molecule has 0 aliphatic carbocycles. The first-order valence-corrected chi connectivity index (χ1v) is 8.13. The summed E-state index contributed by atoms with van der Waals surface area (Å²) in [4.78, 5) is 38.0. The zero-order valence-electron chi connectivity index (χ0n) is 14.4. The van der Waals surface area contributed by atoms with Crippen molar-refractivity contribution in [2.24, 2.45) is 0 Å². The van der Waals surface area contributed by atoms with Crippen LogP contribution in [-0.2, 0) is 9.53 Å². The summed E-state index contributed by atoms with van der Waals surface area (Å²) >= 11 is 0. The smallest absolute Gasteiger partial charge is 0.410 e. The van der Waals surface area contributed by atoms with Gasteiger partial charge in [0.1, 0.15) is 11.6 Å². The van der Waals surface area contributed by atoms with Gasteiger partial charge in [0.15, 0.2) is 5.78 Å². The standard InChI is InChI=1S/C18H24N2O4/c1-18(2,3)24-17(23)20-11-7-10-14(20)16(22)19-12-15(21)13-8-5-4-6-9-13/h4-6,8-9,14H,7,10-12H2,1-3H3,(H,19,22)/t14-/m0/s1. The average Bonchev–Trinajstić information content (AvgIpc) is 3.01. The maximum Gasteiger partial charge on any atom is 0.410 e. The molecule has 0 bridgehead atoms. The molecule has 1 aliphatic heterocycles. The Kier molecular flexibility index (Phi) is 5.59. The second-order valence-electron chi connectivity index (χ2n) is 6.84. The topological polar surface area (TPSA) is 75.7 Å². The Balaban J connectivity index is 1.91. The lowest BCUT2D eigenvalue weighted by Crippen LogP contribution is -2.48. The summed E-state index contributed by atoms with van der Waals surface area (Å²) in [7, 11) is 0. The molecule has 1 aliphatic rings. The number of ether oxygens (including phenoxy) is 1. The van der Waals surface area contributed by atoms with Crippen LogP contribution in [0.5, 0.6) is 0 Å². The van der Waals surface area contributed by atoms with Crippen molar-refractivity contribution in [3.8, 4) is 0 Å². The quantitative estimate of drug-likeness (QED) is 0.859. The van der Waals surface area contributed by atoms with E-state index in [1.165, 1.54) is 4.90 Å². The number of carbonyl (C=O) groups is 3. The van der Waals surface area contributed by atoms with Crippen molar-refractivity contribution in [2.45, 2.75) is 45.3 Å². The molecule has 1 saturated heterocycles.